The number of nitrogens with one attached hydrogen (secondary N) is 3. The number of nitrogens with two attached hydrogens (primary N) is 1. The number of carbonyl (C=O) groups excluding carboxylic acids is 2. The van der Waals surface area contributed by atoms with E-state index in [-0.39, 0.29) is 17.5 Å². The zero-order valence-corrected chi connectivity index (χ0v) is 19.3. The fourth-order valence-corrected chi connectivity index (χ4v) is 3.82. The Kier molecular flexibility index (Phi) is 7.44. The van der Waals surface area contributed by atoms with Crippen molar-refractivity contribution in [3.05, 3.63) is 70.9 Å². The molecule has 2 heterocycles. The van der Waals surface area contributed by atoms with E-state index < -0.39 is 5.91 Å². The Hall–Kier alpha value is -3.85. The van der Waals surface area contributed by atoms with E-state index in [1.807, 2.05) is 30.3 Å². The molecule has 10 heteroatoms. The quantitative estimate of drug-likeness (QED) is 0.392. The largest absolute Gasteiger partial charge is 0.365 e. The van der Waals surface area contributed by atoms with Crippen LogP contribution in [0.5, 0.6) is 0 Å². The van der Waals surface area contributed by atoms with Crippen molar-refractivity contribution in [3.63, 3.8) is 0 Å². The van der Waals surface area contributed by atoms with Crippen LogP contribution in [0.25, 0.3) is 0 Å². The van der Waals surface area contributed by atoms with Gasteiger partial charge in [0.15, 0.2) is 0 Å². The van der Waals surface area contributed by atoms with Crippen LogP contribution in [0.3, 0.4) is 0 Å². The normalized spacial score (nSPS) is 13.3. The molecule has 0 bridgehead atoms. The molecule has 1 aliphatic rings. The molecule has 9 nitrogen and oxygen atoms in total. The average Bonchev–Trinajstić information content (AvgIpc) is 2.86. The Morgan fingerprint density at radius 1 is 1.06 bits per heavy atom. The van der Waals surface area contributed by atoms with Crippen molar-refractivity contribution in [3.8, 4) is 0 Å². The predicted molar refractivity (Wildman–Crippen MR) is 133 cm³/mol. The standard InChI is InChI=1S/C24H26ClN7O2/c25-19-10-9-17(13-20(19)30-24(34)32-11-5-2-6-12-32)29-23-28-15-18(21(26)33)22(31-23)27-14-16-7-3-1-4-8-16/h1,3-4,7-10,13,15H,2,5-6,11-12,14H2,(H2,26,33)(H,30,34)(H2,27,28,29,31). The molecule has 0 spiro atoms. The minimum Gasteiger partial charge on any atom is -0.365 e. The number of hydrogen-bond acceptors (Lipinski definition) is 6. The number of primary amides is 1. The third-order valence-corrected chi connectivity index (χ3v) is 5.79. The molecule has 5 N–H and O–H groups in total. The first-order valence-corrected chi connectivity index (χ1v) is 11.4. The minimum atomic E-state index is -0.628. The van der Waals surface area contributed by atoms with Crippen molar-refractivity contribution in [1.29, 1.82) is 0 Å². The van der Waals surface area contributed by atoms with Gasteiger partial charge in [-0.05, 0) is 43.0 Å². The number of piperidine rings is 1. The van der Waals surface area contributed by atoms with E-state index in [0.29, 0.717) is 28.8 Å². The van der Waals surface area contributed by atoms with Crippen LogP contribution in [-0.4, -0.2) is 39.9 Å². The molecule has 3 aromatic rings. The lowest BCUT2D eigenvalue weighted by atomic mass is 10.1. The summed E-state index contributed by atoms with van der Waals surface area (Å²) in [5.41, 5.74) is 7.81. The first-order chi connectivity index (χ1) is 16.5. The molecule has 3 amide bonds. The highest BCUT2D eigenvalue weighted by atomic mass is 35.5. The van der Waals surface area contributed by atoms with E-state index in [1.54, 1.807) is 23.1 Å². The second-order valence-electron chi connectivity index (χ2n) is 7.96. The van der Waals surface area contributed by atoms with Gasteiger partial charge in [0, 0.05) is 31.5 Å². The highest BCUT2D eigenvalue weighted by Gasteiger charge is 2.18. The molecule has 4 rings (SSSR count). The Morgan fingerprint density at radius 3 is 2.56 bits per heavy atom. The maximum absolute atomic E-state index is 12.6. The molecule has 1 fully saturated rings. The number of aromatic nitrogens is 2. The summed E-state index contributed by atoms with van der Waals surface area (Å²) in [7, 11) is 0. The predicted octanol–water partition coefficient (Wildman–Crippen LogP) is 4.60. The lowest BCUT2D eigenvalue weighted by Crippen LogP contribution is -2.38. The second kappa shape index (κ2) is 10.8. The summed E-state index contributed by atoms with van der Waals surface area (Å²) >= 11 is 6.31. The summed E-state index contributed by atoms with van der Waals surface area (Å²) in [4.78, 5) is 34.8. The van der Waals surface area contributed by atoms with Crippen LogP contribution in [0, 0.1) is 0 Å². The van der Waals surface area contributed by atoms with Crippen molar-refractivity contribution in [2.75, 3.05) is 29.0 Å². The maximum atomic E-state index is 12.6. The molecule has 0 atom stereocenters. The summed E-state index contributed by atoms with van der Waals surface area (Å²) in [6, 6.07) is 14.7. The first-order valence-electron chi connectivity index (χ1n) is 11.1. The topological polar surface area (TPSA) is 125 Å². The van der Waals surface area contributed by atoms with Crippen molar-refractivity contribution >= 4 is 46.7 Å². The molecular formula is C24H26ClN7O2. The molecule has 1 saturated heterocycles. The van der Waals surface area contributed by atoms with E-state index in [0.717, 1.165) is 37.9 Å². The summed E-state index contributed by atoms with van der Waals surface area (Å²) in [6.45, 7) is 1.94. The van der Waals surface area contributed by atoms with Crippen molar-refractivity contribution < 1.29 is 9.59 Å². The van der Waals surface area contributed by atoms with Crippen LogP contribution < -0.4 is 21.7 Å². The number of likely N-dealkylation sites (tertiary alicyclic amines) is 1. The number of amides is 3. The molecule has 1 aliphatic heterocycles. The first kappa shape index (κ1) is 23.3. The van der Waals surface area contributed by atoms with Gasteiger partial charge >= 0.3 is 6.03 Å². The molecule has 0 unspecified atom stereocenters. The van der Waals surface area contributed by atoms with Crippen LogP contribution >= 0.6 is 11.6 Å². The number of hydrogen-bond donors (Lipinski definition) is 4. The van der Waals surface area contributed by atoms with Gasteiger partial charge in [0.1, 0.15) is 5.82 Å². The van der Waals surface area contributed by atoms with Crippen molar-refractivity contribution in [2.45, 2.75) is 25.8 Å². The summed E-state index contributed by atoms with van der Waals surface area (Å²) < 4.78 is 0. The van der Waals surface area contributed by atoms with Crippen LogP contribution in [0.15, 0.2) is 54.7 Å². The summed E-state index contributed by atoms with van der Waals surface area (Å²) in [5.74, 6) is -0.0473. The molecule has 1 aromatic heterocycles. The molecule has 0 radical (unpaired) electrons. The number of nitrogens with zero attached hydrogens (tertiary/aromatic N) is 3. The van der Waals surface area contributed by atoms with E-state index in [9.17, 15) is 9.59 Å². The summed E-state index contributed by atoms with van der Waals surface area (Å²) in [6.07, 6.45) is 4.52. The minimum absolute atomic E-state index is 0.173. The number of benzene rings is 2. The molecule has 0 saturated carbocycles. The molecule has 34 heavy (non-hydrogen) atoms. The molecule has 0 aliphatic carbocycles. The van der Waals surface area contributed by atoms with E-state index in [1.165, 1.54) is 6.20 Å². The lowest BCUT2D eigenvalue weighted by molar-refractivity contribution is 0.100. The van der Waals surface area contributed by atoms with Crippen molar-refractivity contribution in [1.82, 2.24) is 14.9 Å². The number of anilines is 4. The fourth-order valence-electron chi connectivity index (χ4n) is 3.66. The third kappa shape index (κ3) is 5.93. The zero-order chi connectivity index (χ0) is 23.9. The van der Waals surface area contributed by atoms with Gasteiger partial charge in [0.25, 0.3) is 5.91 Å². The van der Waals surface area contributed by atoms with Gasteiger partial charge in [-0.2, -0.15) is 4.98 Å². The highest BCUT2D eigenvalue weighted by Crippen LogP contribution is 2.28. The van der Waals surface area contributed by atoms with Crippen LogP contribution in [0.2, 0.25) is 5.02 Å². The van der Waals surface area contributed by atoms with Gasteiger partial charge in [-0.15, -0.1) is 0 Å². The van der Waals surface area contributed by atoms with E-state index in [2.05, 4.69) is 25.9 Å². The Labute approximate surface area is 202 Å². The monoisotopic (exact) mass is 479 g/mol. The van der Waals surface area contributed by atoms with Crippen molar-refractivity contribution in [2.24, 2.45) is 5.73 Å². The number of halogens is 1. The Morgan fingerprint density at radius 2 is 1.82 bits per heavy atom. The van der Waals surface area contributed by atoms with Gasteiger partial charge in [0.05, 0.1) is 16.3 Å². The Bertz CT molecular complexity index is 1170. The van der Waals surface area contributed by atoms with E-state index in [4.69, 9.17) is 17.3 Å². The highest BCUT2D eigenvalue weighted by molar-refractivity contribution is 6.33. The fraction of sp³-hybridized carbons (Fsp3) is 0.250. The number of carbonyl (C=O) groups is 2. The zero-order valence-electron chi connectivity index (χ0n) is 18.6. The molecule has 176 valence electrons. The SMILES string of the molecule is NC(=O)c1cnc(Nc2ccc(Cl)c(NC(=O)N3CCCCC3)c2)nc1NCc1ccccc1. The van der Waals surface area contributed by atoms with Gasteiger partial charge in [0.2, 0.25) is 5.95 Å². The van der Waals surface area contributed by atoms with Gasteiger partial charge in [-0.1, -0.05) is 41.9 Å². The van der Waals surface area contributed by atoms with Crippen LogP contribution in [0.1, 0.15) is 35.2 Å². The smallest absolute Gasteiger partial charge is 0.321 e. The molecule has 2 aromatic carbocycles. The number of urea groups is 1. The maximum Gasteiger partial charge on any atom is 0.321 e. The van der Waals surface area contributed by atoms with E-state index >= 15 is 0 Å². The average molecular weight is 480 g/mol. The summed E-state index contributed by atoms with van der Waals surface area (Å²) in [5, 5.41) is 9.54. The van der Waals surface area contributed by atoms with Crippen LogP contribution in [-0.2, 0) is 6.54 Å². The lowest BCUT2D eigenvalue weighted by Gasteiger charge is -2.27. The van der Waals surface area contributed by atoms with Crippen LogP contribution in [0.4, 0.5) is 27.9 Å². The van der Waals surface area contributed by atoms with Gasteiger partial charge < -0.3 is 26.6 Å². The molecular weight excluding hydrogens is 454 g/mol. The number of rotatable bonds is 7. The Balaban J connectivity index is 1.49. The second-order valence-corrected chi connectivity index (χ2v) is 8.36. The van der Waals surface area contributed by atoms with Gasteiger partial charge in [-0.3, -0.25) is 4.79 Å². The van der Waals surface area contributed by atoms with Gasteiger partial charge in [-0.25, -0.2) is 9.78 Å². The third-order valence-electron chi connectivity index (χ3n) is 5.46.